The van der Waals surface area contributed by atoms with Crippen molar-refractivity contribution >= 4 is 16.9 Å². The summed E-state index contributed by atoms with van der Waals surface area (Å²) >= 11 is 0. The first-order valence-corrected chi connectivity index (χ1v) is 10.2. The zero-order valence-electron chi connectivity index (χ0n) is 15.9. The number of fused-ring (bicyclic) bond motifs is 1. The Labute approximate surface area is 156 Å². The number of hydrogen-bond donors (Lipinski definition) is 0. The first-order valence-electron chi connectivity index (χ1n) is 10.2. The van der Waals surface area contributed by atoms with E-state index in [1.807, 2.05) is 12.3 Å². The number of hydrogen-bond acceptors (Lipinski definition) is 3. The lowest BCUT2D eigenvalue weighted by Gasteiger charge is -2.36. The summed E-state index contributed by atoms with van der Waals surface area (Å²) < 4.78 is 2.24. The second-order valence-corrected chi connectivity index (χ2v) is 7.71. The van der Waals surface area contributed by atoms with E-state index in [-0.39, 0.29) is 0 Å². The monoisotopic (exact) mass is 354 g/mol. The van der Waals surface area contributed by atoms with Gasteiger partial charge in [0.05, 0.1) is 0 Å². The predicted molar refractivity (Wildman–Crippen MR) is 104 cm³/mol. The van der Waals surface area contributed by atoms with Crippen molar-refractivity contribution in [3.8, 4) is 0 Å². The molecule has 1 amide bonds. The summed E-state index contributed by atoms with van der Waals surface area (Å²) in [5.41, 5.74) is 2.48. The fourth-order valence-corrected chi connectivity index (χ4v) is 4.54. The second kappa shape index (κ2) is 7.78. The van der Waals surface area contributed by atoms with Crippen molar-refractivity contribution in [3.05, 3.63) is 30.1 Å². The van der Waals surface area contributed by atoms with Crippen LogP contribution in [0.15, 0.2) is 24.5 Å². The summed E-state index contributed by atoms with van der Waals surface area (Å²) in [5.74, 6) is 0.730. The number of aryl methyl sites for hydroxylation is 1. The minimum Gasteiger partial charge on any atom is -0.340 e. The Balaban J connectivity index is 1.32. The van der Waals surface area contributed by atoms with Crippen molar-refractivity contribution < 1.29 is 4.79 Å². The van der Waals surface area contributed by atoms with Crippen LogP contribution in [-0.4, -0.2) is 58.0 Å². The fourth-order valence-electron chi connectivity index (χ4n) is 4.54. The van der Waals surface area contributed by atoms with Crippen LogP contribution in [0.5, 0.6) is 0 Å². The molecule has 0 unspecified atom stereocenters. The van der Waals surface area contributed by atoms with Gasteiger partial charge in [-0.25, -0.2) is 4.98 Å². The highest BCUT2D eigenvalue weighted by molar-refractivity contribution is 5.80. The number of rotatable bonds is 5. The van der Waals surface area contributed by atoms with Crippen LogP contribution in [0.25, 0.3) is 11.0 Å². The molecule has 1 aliphatic heterocycles. The predicted octanol–water partition coefficient (Wildman–Crippen LogP) is 2.93. The Bertz CT molecular complexity index is 754. The van der Waals surface area contributed by atoms with E-state index in [0.29, 0.717) is 11.8 Å². The molecule has 0 spiro atoms. The Kier molecular flexibility index (Phi) is 5.25. The third kappa shape index (κ3) is 3.50. The van der Waals surface area contributed by atoms with Crippen molar-refractivity contribution in [1.82, 2.24) is 19.4 Å². The Hall–Kier alpha value is -1.88. The van der Waals surface area contributed by atoms with Crippen LogP contribution in [0, 0.1) is 5.92 Å². The van der Waals surface area contributed by atoms with Crippen LogP contribution in [0.3, 0.4) is 0 Å². The number of nitrogens with zero attached hydrogens (tertiary/aromatic N) is 4. The summed E-state index contributed by atoms with van der Waals surface area (Å²) in [5, 5.41) is 1.28. The zero-order valence-corrected chi connectivity index (χ0v) is 15.9. The topological polar surface area (TPSA) is 41.4 Å². The van der Waals surface area contributed by atoms with Crippen LogP contribution < -0.4 is 0 Å². The number of pyridine rings is 1. The SMILES string of the molecule is CCn1cc(CCN2CCN(C(=O)C3CCCC3)CC2)c2cccnc21. The standard InChI is InChI=1S/C21H30N4O/c1-2-24-16-18(19-8-5-10-22-20(19)24)9-11-23-12-14-25(15-13-23)21(26)17-6-3-4-7-17/h5,8,10,16-17H,2-4,6-7,9,11-15H2,1H3. The summed E-state index contributed by atoms with van der Waals surface area (Å²) in [6, 6.07) is 4.21. The summed E-state index contributed by atoms with van der Waals surface area (Å²) in [6.45, 7) is 7.98. The Morgan fingerprint density at radius 2 is 1.96 bits per heavy atom. The molecular weight excluding hydrogens is 324 g/mol. The van der Waals surface area contributed by atoms with Gasteiger partial charge in [-0.15, -0.1) is 0 Å². The van der Waals surface area contributed by atoms with Crippen LogP contribution in [0.4, 0.5) is 0 Å². The normalized spacial score (nSPS) is 19.5. The Morgan fingerprint density at radius 3 is 2.69 bits per heavy atom. The molecule has 140 valence electrons. The minimum atomic E-state index is 0.314. The molecule has 0 radical (unpaired) electrons. The van der Waals surface area contributed by atoms with Crippen molar-refractivity contribution in [3.63, 3.8) is 0 Å². The van der Waals surface area contributed by atoms with E-state index in [0.717, 1.165) is 64.2 Å². The highest BCUT2D eigenvalue weighted by Gasteiger charge is 2.29. The third-order valence-corrected chi connectivity index (χ3v) is 6.14. The maximum atomic E-state index is 12.6. The lowest BCUT2D eigenvalue weighted by atomic mass is 10.1. The van der Waals surface area contributed by atoms with Crippen molar-refractivity contribution in [2.45, 2.75) is 45.6 Å². The van der Waals surface area contributed by atoms with Crippen molar-refractivity contribution in [2.24, 2.45) is 5.92 Å². The van der Waals surface area contributed by atoms with E-state index >= 15 is 0 Å². The molecule has 0 aromatic carbocycles. The molecule has 1 aliphatic carbocycles. The van der Waals surface area contributed by atoms with E-state index < -0.39 is 0 Å². The van der Waals surface area contributed by atoms with E-state index in [1.54, 1.807) is 0 Å². The molecule has 2 aliphatic rings. The van der Waals surface area contributed by atoms with Gasteiger partial charge in [-0.3, -0.25) is 9.69 Å². The van der Waals surface area contributed by atoms with Gasteiger partial charge >= 0.3 is 0 Å². The van der Waals surface area contributed by atoms with Crippen LogP contribution in [0.1, 0.15) is 38.2 Å². The molecule has 3 heterocycles. The number of carbonyl (C=O) groups is 1. The molecule has 2 fully saturated rings. The van der Waals surface area contributed by atoms with Gasteiger partial charge in [-0.1, -0.05) is 12.8 Å². The molecule has 2 aromatic rings. The average Bonchev–Trinajstić information content (AvgIpc) is 3.34. The van der Waals surface area contributed by atoms with Gasteiger partial charge < -0.3 is 9.47 Å². The van der Waals surface area contributed by atoms with Gasteiger partial charge in [0.2, 0.25) is 5.91 Å². The molecule has 5 heteroatoms. The van der Waals surface area contributed by atoms with E-state index in [1.165, 1.54) is 23.8 Å². The highest BCUT2D eigenvalue weighted by atomic mass is 16.2. The molecule has 4 rings (SSSR count). The zero-order chi connectivity index (χ0) is 17.9. The molecule has 0 atom stereocenters. The van der Waals surface area contributed by atoms with Gasteiger partial charge in [0.15, 0.2) is 0 Å². The molecule has 26 heavy (non-hydrogen) atoms. The first-order chi connectivity index (χ1) is 12.8. The van der Waals surface area contributed by atoms with Gasteiger partial charge in [0.1, 0.15) is 5.65 Å². The lowest BCUT2D eigenvalue weighted by Crippen LogP contribution is -2.50. The maximum Gasteiger partial charge on any atom is 0.225 e. The van der Waals surface area contributed by atoms with Crippen LogP contribution in [-0.2, 0) is 17.8 Å². The summed E-state index contributed by atoms with van der Waals surface area (Å²) in [7, 11) is 0. The first kappa shape index (κ1) is 17.5. The molecular formula is C21H30N4O. The number of amides is 1. The molecule has 0 bridgehead atoms. The fraction of sp³-hybridized carbons (Fsp3) is 0.619. The quantitative estimate of drug-likeness (QED) is 0.829. The van der Waals surface area contributed by atoms with Crippen LogP contribution in [0.2, 0.25) is 0 Å². The number of aromatic nitrogens is 2. The van der Waals surface area contributed by atoms with Crippen molar-refractivity contribution in [1.29, 1.82) is 0 Å². The van der Waals surface area contributed by atoms with Crippen LogP contribution >= 0.6 is 0 Å². The van der Waals surface area contributed by atoms with E-state index in [4.69, 9.17) is 0 Å². The smallest absolute Gasteiger partial charge is 0.225 e. The van der Waals surface area contributed by atoms with E-state index in [9.17, 15) is 4.79 Å². The minimum absolute atomic E-state index is 0.314. The molecule has 0 N–H and O–H groups in total. The average molecular weight is 354 g/mol. The van der Waals surface area contributed by atoms with E-state index in [2.05, 4.69) is 38.5 Å². The summed E-state index contributed by atoms with van der Waals surface area (Å²) in [4.78, 5) is 21.7. The molecule has 1 saturated carbocycles. The van der Waals surface area contributed by atoms with Gasteiger partial charge in [-0.05, 0) is 43.9 Å². The largest absolute Gasteiger partial charge is 0.340 e. The third-order valence-electron chi connectivity index (χ3n) is 6.14. The molecule has 2 aromatic heterocycles. The number of piperazine rings is 1. The Morgan fingerprint density at radius 1 is 1.19 bits per heavy atom. The summed E-state index contributed by atoms with van der Waals surface area (Å²) in [6.07, 6.45) is 9.86. The van der Waals surface area contributed by atoms with Gasteiger partial charge in [0.25, 0.3) is 0 Å². The lowest BCUT2D eigenvalue weighted by molar-refractivity contribution is -0.137. The number of carbonyl (C=O) groups excluding carboxylic acids is 1. The second-order valence-electron chi connectivity index (χ2n) is 7.71. The maximum absolute atomic E-state index is 12.6. The molecule has 5 nitrogen and oxygen atoms in total. The highest BCUT2D eigenvalue weighted by Crippen LogP contribution is 2.27. The van der Waals surface area contributed by atoms with Gasteiger partial charge in [-0.2, -0.15) is 0 Å². The van der Waals surface area contributed by atoms with Crippen molar-refractivity contribution in [2.75, 3.05) is 32.7 Å². The van der Waals surface area contributed by atoms with Gasteiger partial charge in [0, 0.05) is 63.0 Å². The molecule has 1 saturated heterocycles.